The maximum atomic E-state index is 13.0. The van der Waals surface area contributed by atoms with Gasteiger partial charge in [0, 0.05) is 6.54 Å². The molecule has 1 nitrogen and oxygen atoms in total. The highest BCUT2D eigenvalue weighted by Crippen LogP contribution is 2.17. The van der Waals surface area contributed by atoms with Gasteiger partial charge in [0.05, 0.1) is 0 Å². The molecule has 0 fully saturated rings. The van der Waals surface area contributed by atoms with Gasteiger partial charge in [0.1, 0.15) is 6.17 Å². The van der Waals surface area contributed by atoms with E-state index < -0.39 is 6.17 Å². The highest BCUT2D eigenvalue weighted by atomic mass is 19.1. The summed E-state index contributed by atoms with van der Waals surface area (Å²) in [7, 11) is 0. The summed E-state index contributed by atoms with van der Waals surface area (Å²) in [4.78, 5) is 0. The lowest BCUT2D eigenvalue weighted by atomic mass is 10.1. The van der Waals surface area contributed by atoms with Crippen molar-refractivity contribution >= 4 is 0 Å². The predicted molar refractivity (Wildman–Crippen MR) is 56.4 cm³/mol. The van der Waals surface area contributed by atoms with E-state index in [4.69, 9.17) is 5.73 Å². The van der Waals surface area contributed by atoms with Gasteiger partial charge in [0.2, 0.25) is 0 Å². The molecule has 13 heavy (non-hydrogen) atoms. The van der Waals surface area contributed by atoms with Crippen LogP contribution in [0.1, 0.15) is 33.1 Å². The summed E-state index contributed by atoms with van der Waals surface area (Å²) >= 11 is 0. The SMILES string of the molecule is CC.NCC(F)C1=CC=CCCC1. The molecule has 1 atom stereocenters. The Bertz CT molecular complexity index is 173. The predicted octanol–water partition coefficient (Wildman–Crippen LogP) is 2.98. The molecule has 0 amide bonds. The van der Waals surface area contributed by atoms with E-state index in [0.29, 0.717) is 0 Å². The van der Waals surface area contributed by atoms with E-state index in [9.17, 15) is 4.39 Å². The number of halogens is 1. The molecule has 0 radical (unpaired) electrons. The fraction of sp³-hybridized carbons (Fsp3) is 0.636. The number of alkyl halides is 1. The Morgan fingerprint density at radius 1 is 1.54 bits per heavy atom. The molecule has 0 saturated heterocycles. The minimum atomic E-state index is -0.933. The Labute approximate surface area is 80.5 Å². The minimum Gasteiger partial charge on any atom is -0.327 e. The van der Waals surface area contributed by atoms with Crippen molar-refractivity contribution < 1.29 is 4.39 Å². The van der Waals surface area contributed by atoms with Gasteiger partial charge in [-0.05, 0) is 24.8 Å². The smallest absolute Gasteiger partial charge is 0.134 e. The zero-order valence-electron chi connectivity index (χ0n) is 8.59. The van der Waals surface area contributed by atoms with Crippen LogP contribution in [-0.4, -0.2) is 12.7 Å². The molecule has 1 unspecified atom stereocenters. The Morgan fingerprint density at radius 2 is 2.23 bits per heavy atom. The molecule has 1 aliphatic rings. The molecule has 2 N–H and O–H groups in total. The summed E-state index contributed by atoms with van der Waals surface area (Å²) in [6, 6.07) is 0. The van der Waals surface area contributed by atoms with Crippen molar-refractivity contribution in [1.29, 1.82) is 0 Å². The van der Waals surface area contributed by atoms with Crippen molar-refractivity contribution in [2.24, 2.45) is 5.73 Å². The van der Waals surface area contributed by atoms with Gasteiger partial charge in [-0.15, -0.1) is 0 Å². The summed E-state index contributed by atoms with van der Waals surface area (Å²) in [6.45, 7) is 4.11. The lowest BCUT2D eigenvalue weighted by Crippen LogP contribution is -2.17. The Balaban J connectivity index is 0.000000671. The zero-order chi connectivity index (χ0) is 10.1. The molecular formula is C11H20FN. The summed E-state index contributed by atoms with van der Waals surface area (Å²) in [6.07, 6.45) is 7.86. The van der Waals surface area contributed by atoms with Gasteiger partial charge in [-0.25, -0.2) is 4.39 Å². The Morgan fingerprint density at radius 3 is 2.85 bits per heavy atom. The topological polar surface area (TPSA) is 26.0 Å². The zero-order valence-corrected chi connectivity index (χ0v) is 8.59. The number of hydrogen-bond acceptors (Lipinski definition) is 1. The van der Waals surface area contributed by atoms with Gasteiger partial charge >= 0.3 is 0 Å². The molecule has 1 aliphatic carbocycles. The lowest BCUT2D eigenvalue weighted by molar-refractivity contribution is 0.380. The summed E-state index contributed by atoms with van der Waals surface area (Å²) in [5.74, 6) is 0. The molecular weight excluding hydrogens is 165 g/mol. The molecule has 0 spiro atoms. The molecule has 0 aromatic carbocycles. The number of allylic oxidation sites excluding steroid dienone is 3. The third kappa shape index (κ3) is 4.83. The third-order valence-electron chi connectivity index (χ3n) is 1.89. The van der Waals surface area contributed by atoms with Crippen LogP contribution in [0.25, 0.3) is 0 Å². The van der Waals surface area contributed by atoms with Crippen LogP contribution in [0.4, 0.5) is 4.39 Å². The molecule has 2 heteroatoms. The second-order valence-electron chi connectivity index (χ2n) is 2.77. The summed E-state index contributed by atoms with van der Waals surface area (Å²) in [5, 5.41) is 0. The van der Waals surface area contributed by atoms with Gasteiger partial charge in [0.25, 0.3) is 0 Å². The van der Waals surface area contributed by atoms with E-state index >= 15 is 0 Å². The minimum absolute atomic E-state index is 0.111. The van der Waals surface area contributed by atoms with Gasteiger partial charge in [-0.2, -0.15) is 0 Å². The molecule has 0 aromatic heterocycles. The van der Waals surface area contributed by atoms with Crippen molar-refractivity contribution in [3.05, 3.63) is 23.8 Å². The van der Waals surface area contributed by atoms with Crippen molar-refractivity contribution in [2.45, 2.75) is 39.3 Å². The normalized spacial score (nSPS) is 18.0. The summed E-state index contributed by atoms with van der Waals surface area (Å²) < 4.78 is 13.0. The van der Waals surface area contributed by atoms with Crippen molar-refractivity contribution in [1.82, 2.24) is 0 Å². The molecule has 76 valence electrons. The lowest BCUT2D eigenvalue weighted by Gasteiger charge is -2.07. The van der Waals surface area contributed by atoms with Gasteiger partial charge in [-0.3, -0.25) is 0 Å². The average molecular weight is 185 g/mol. The highest BCUT2D eigenvalue weighted by Gasteiger charge is 2.10. The van der Waals surface area contributed by atoms with Crippen molar-refractivity contribution in [3.8, 4) is 0 Å². The second-order valence-corrected chi connectivity index (χ2v) is 2.77. The molecule has 1 rings (SSSR count). The van der Waals surface area contributed by atoms with Crippen molar-refractivity contribution in [2.75, 3.05) is 6.54 Å². The Kier molecular flexibility index (Phi) is 7.60. The highest BCUT2D eigenvalue weighted by molar-refractivity contribution is 5.18. The molecule has 0 saturated carbocycles. The van der Waals surface area contributed by atoms with E-state index in [2.05, 4.69) is 6.08 Å². The maximum absolute atomic E-state index is 13.0. The Hall–Kier alpha value is -0.630. The van der Waals surface area contributed by atoms with Gasteiger partial charge < -0.3 is 5.73 Å². The quantitative estimate of drug-likeness (QED) is 0.703. The van der Waals surface area contributed by atoms with E-state index in [1.807, 2.05) is 26.0 Å². The van der Waals surface area contributed by atoms with E-state index in [0.717, 1.165) is 24.8 Å². The first-order chi connectivity index (χ1) is 6.34. The fourth-order valence-electron chi connectivity index (χ4n) is 1.21. The third-order valence-corrected chi connectivity index (χ3v) is 1.89. The molecule has 0 aliphatic heterocycles. The number of hydrogen-bond donors (Lipinski definition) is 1. The first-order valence-electron chi connectivity index (χ1n) is 5.04. The van der Waals surface area contributed by atoms with Crippen LogP contribution in [-0.2, 0) is 0 Å². The van der Waals surface area contributed by atoms with Crippen LogP contribution >= 0.6 is 0 Å². The average Bonchev–Trinajstić information content (AvgIpc) is 2.48. The maximum Gasteiger partial charge on any atom is 0.134 e. The van der Waals surface area contributed by atoms with Crippen LogP contribution in [0.5, 0.6) is 0 Å². The molecule has 0 bridgehead atoms. The monoisotopic (exact) mass is 185 g/mol. The van der Waals surface area contributed by atoms with E-state index in [1.165, 1.54) is 0 Å². The summed E-state index contributed by atoms with van der Waals surface area (Å²) in [5.41, 5.74) is 6.06. The molecule has 0 aromatic rings. The van der Waals surface area contributed by atoms with Crippen LogP contribution in [0.3, 0.4) is 0 Å². The number of nitrogens with two attached hydrogens (primary N) is 1. The van der Waals surface area contributed by atoms with Gasteiger partial charge in [0.15, 0.2) is 0 Å². The van der Waals surface area contributed by atoms with Crippen molar-refractivity contribution in [3.63, 3.8) is 0 Å². The van der Waals surface area contributed by atoms with E-state index in [1.54, 1.807) is 0 Å². The second kappa shape index (κ2) is 7.99. The molecule has 0 heterocycles. The van der Waals surface area contributed by atoms with Crippen LogP contribution < -0.4 is 5.73 Å². The standard InChI is InChI=1S/C9H14FN.C2H6/c10-9(7-11)8-5-3-1-2-4-6-8;1-2/h1,3,5,9H,2,4,6-7,11H2;1-2H3. The van der Waals surface area contributed by atoms with Crippen LogP contribution in [0.2, 0.25) is 0 Å². The first kappa shape index (κ1) is 12.4. The van der Waals surface area contributed by atoms with Crippen LogP contribution in [0, 0.1) is 0 Å². The van der Waals surface area contributed by atoms with Gasteiger partial charge in [-0.1, -0.05) is 32.1 Å². The van der Waals surface area contributed by atoms with Crippen LogP contribution in [0.15, 0.2) is 23.8 Å². The first-order valence-corrected chi connectivity index (χ1v) is 5.04. The fourth-order valence-corrected chi connectivity index (χ4v) is 1.21. The van der Waals surface area contributed by atoms with E-state index in [-0.39, 0.29) is 6.54 Å². The number of rotatable bonds is 2. The largest absolute Gasteiger partial charge is 0.327 e.